The fourth-order valence-corrected chi connectivity index (χ4v) is 2.44. The predicted octanol–water partition coefficient (Wildman–Crippen LogP) is 0.517. The highest BCUT2D eigenvalue weighted by atomic mass is 16.5. The van der Waals surface area contributed by atoms with Crippen molar-refractivity contribution in [2.45, 2.75) is 12.5 Å². The molecule has 1 aliphatic heterocycles. The number of nitrogens with one attached hydrogen (secondary N) is 1. The van der Waals surface area contributed by atoms with Crippen molar-refractivity contribution in [1.29, 1.82) is 0 Å². The van der Waals surface area contributed by atoms with Gasteiger partial charge in [0.2, 0.25) is 5.91 Å². The maximum Gasteiger partial charge on any atom is 0.234 e. The van der Waals surface area contributed by atoms with E-state index in [0.29, 0.717) is 13.1 Å². The van der Waals surface area contributed by atoms with Crippen molar-refractivity contribution in [1.82, 2.24) is 10.2 Å². The molecule has 3 N–H and O–H groups in total. The topological polar surface area (TPSA) is 67.6 Å². The second kappa shape index (κ2) is 6.54. The van der Waals surface area contributed by atoms with Crippen LogP contribution >= 0.6 is 0 Å². The maximum atomic E-state index is 11.6. The average molecular weight is 263 g/mol. The average Bonchev–Trinajstić information content (AvgIpc) is 2.65. The third-order valence-corrected chi connectivity index (χ3v) is 3.43. The summed E-state index contributed by atoms with van der Waals surface area (Å²) in [4.78, 5) is 13.8. The summed E-state index contributed by atoms with van der Waals surface area (Å²) in [5, 5.41) is 2.88. The van der Waals surface area contributed by atoms with Crippen LogP contribution in [-0.2, 0) is 4.79 Å². The Morgan fingerprint density at radius 2 is 2.37 bits per heavy atom. The highest BCUT2D eigenvalue weighted by Gasteiger charge is 2.23. The molecule has 0 bridgehead atoms. The lowest BCUT2D eigenvalue weighted by molar-refractivity contribution is -0.121. The Morgan fingerprint density at radius 1 is 1.53 bits per heavy atom. The van der Waals surface area contributed by atoms with Crippen LogP contribution < -0.4 is 15.8 Å². The number of methoxy groups -OCH3 is 1. The zero-order chi connectivity index (χ0) is 13.7. The van der Waals surface area contributed by atoms with Gasteiger partial charge < -0.3 is 15.8 Å². The van der Waals surface area contributed by atoms with Gasteiger partial charge in [-0.2, -0.15) is 0 Å². The first kappa shape index (κ1) is 13.8. The van der Waals surface area contributed by atoms with Crippen LogP contribution in [0.1, 0.15) is 18.0 Å². The molecule has 0 spiro atoms. The molecule has 104 valence electrons. The molecular weight excluding hydrogens is 242 g/mol. The van der Waals surface area contributed by atoms with Gasteiger partial charge in [-0.1, -0.05) is 12.1 Å². The lowest BCUT2D eigenvalue weighted by Crippen LogP contribution is -2.38. The van der Waals surface area contributed by atoms with Gasteiger partial charge in [0, 0.05) is 25.7 Å². The summed E-state index contributed by atoms with van der Waals surface area (Å²) < 4.78 is 5.24. The molecule has 1 aromatic carbocycles. The number of hydrogen-bond acceptors (Lipinski definition) is 4. The van der Waals surface area contributed by atoms with Gasteiger partial charge in [0.15, 0.2) is 0 Å². The van der Waals surface area contributed by atoms with E-state index in [1.165, 1.54) is 0 Å². The van der Waals surface area contributed by atoms with Gasteiger partial charge in [0.05, 0.1) is 13.7 Å². The van der Waals surface area contributed by atoms with E-state index in [-0.39, 0.29) is 11.9 Å². The van der Waals surface area contributed by atoms with E-state index >= 15 is 0 Å². The number of rotatable bonds is 4. The van der Waals surface area contributed by atoms with Crippen LogP contribution in [0.3, 0.4) is 0 Å². The first-order valence-electron chi connectivity index (χ1n) is 6.59. The van der Waals surface area contributed by atoms with E-state index in [1.54, 1.807) is 7.11 Å². The number of nitrogens with two attached hydrogens (primary N) is 1. The van der Waals surface area contributed by atoms with Crippen LogP contribution in [0.15, 0.2) is 24.3 Å². The lowest BCUT2D eigenvalue weighted by atomic mass is 10.0. The molecule has 0 aromatic heterocycles. The first-order valence-corrected chi connectivity index (χ1v) is 6.59. The molecule has 1 saturated heterocycles. The normalized spacial score (nSPS) is 18.5. The molecular formula is C14H21N3O2. The Kier molecular flexibility index (Phi) is 4.76. The Balaban J connectivity index is 2.19. The minimum absolute atomic E-state index is 0.0546. The summed E-state index contributed by atoms with van der Waals surface area (Å²) >= 11 is 0. The van der Waals surface area contributed by atoms with Crippen molar-refractivity contribution in [3.8, 4) is 5.75 Å². The van der Waals surface area contributed by atoms with Crippen molar-refractivity contribution in [3.63, 3.8) is 0 Å². The van der Waals surface area contributed by atoms with Crippen LogP contribution in [0.4, 0.5) is 0 Å². The van der Waals surface area contributed by atoms with Crippen molar-refractivity contribution in [2.24, 2.45) is 5.73 Å². The minimum atomic E-state index is 0.0546. The second-order valence-electron chi connectivity index (χ2n) is 4.70. The van der Waals surface area contributed by atoms with E-state index < -0.39 is 0 Å². The van der Waals surface area contributed by atoms with Crippen molar-refractivity contribution < 1.29 is 9.53 Å². The maximum absolute atomic E-state index is 11.6. The largest absolute Gasteiger partial charge is 0.497 e. The fourth-order valence-electron chi connectivity index (χ4n) is 2.44. The van der Waals surface area contributed by atoms with E-state index in [0.717, 1.165) is 30.8 Å². The number of carbonyl (C=O) groups excluding carboxylic acids is 1. The summed E-state index contributed by atoms with van der Waals surface area (Å²) in [6, 6.07) is 7.93. The van der Waals surface area contributed by atoms with Gasteiger partial charge in [-0.05, 0) is 24.1 Å². The summed E-state index contributed by atoms with van der Waals surface area (Å²) in [5.41, 5.74) is 7.00. The number of ether oxygens (including phenoxy) is 1. The van der Waals surface area contributed by atoms with Gasteiger partial charge in [-0.15, -0.1) is 0 Å². The van der Waals surface area contributed by atoms with Crippen molar-refractivity contribution in [3.05, 3.63) is 29.8 Å². The molecule has 1 heterocycles. The molecule has 0 saturated carbocycles. The molecule has 1 fully saturated rings. The molecule has 1 atom stereocenters. The SMILES string of the molecule is COc1cccc(C(CN)N2CCCNC(=O)C2)c1. The highest BCUT2D eigenvalue weighted by Crippen LogP contribution is 2.24. The van der Waals surface area contributed by atoms with Crippen LogP contribution in [0.2, 0.25) is 0 Å². The van der Waals surface area contributed by atoms with E-state index in [2.05, 4.69) is 10.2 Å². The van der Waals surface area contributed by atoms with E-state index in [4.69, 9.17) is 10.5 Å². The van der Waals surface area contributed by atoms with Crippen molar-refractivity contribution >= 4 is 5.91 Å². The molecule has 5 heteroatoms. The predicted molar refractivity (Wildman–Crippen MR) is 74.0 cm³/mol. The van der Waals surface area contributed by atoms with Gasteiger partial charge in [-0.3, -0.25) is 9.69 Å². The Hall–Kier alpha value is -1.59. The van der Waals surface area contributed by atoms with Gasteiger partial charge in [0.1, 0.15) is 5.75 Å². The zero-order valence-electron chi connectivity index (χ0n) is 11.3. The van der Waals surface area contributed by atoms with Crippen molar-refractivity contribution in [2.75, 3.05) is 33.3 Å². The molecule has 19 heavy (non-hydrogen) atoms. The Morgan fingerprint density at radius 3 is 3.11 bits per heavy atom. The van der Waals surface area contributed by atoms with Gasteiger partial charge in [0.25, 0.3) is 0 Å². The molecule has 5 nitrogen and oxygen atoms in total. The number of amides is 1. The van der Waals surface area contributed by atoms with E-state index in [1.807, 2.05) is 24.3 Å². The number of hydrogen-bond donors (Lipinski definition) is 2. The summed E-state index contributed by atoms with van der Waals surface area (Å²) in [7, 11) is 1.65. The van der Waals surface area contributed by atoms with Crippen LogP contribution in [-0.4, -0.2) is 44.1 Å². The summed E-state index contributed by atoms with van der Waals surface area (Å²) in [6.45, 7) is 2.50. The second-order valence-corrected chi connectivity index (χ2v) is 4.70. The number of nitrogens with zero attached hydrogens (tertiary/aromatic N) is 1. The standard InChI is InChI=1S/C14H21N3O2/c1-19-12-5-2-4-11(8-12)13(9-15)17-7-3-6-16-14(18)10-17/h2,4-5,8,13H,3,6-7,9-10,15H2,1H3,(H,16,18). The van der Waals surface area contributed by atoms with Gasteiger partial charge in [-0.25, -0.2) is 0 Å². The van der Waals surface area contributed by atoms with Gasteiger partial charge >= 0.3 is 0 Å². The molecule has 1 aromatic rings. The lowest BCUT2D eigenvalue weighted by Gasteiger charge is -2.29. The Bertz CT molecular complexity index is 436. The van der Waals surface area contributed by atoms with E-state index in [9.17, 15) is 4.79 Å². The quantitative estimate of drug-likeness (QED) is 0.831. The third-order valence-electron chi connectivity index (χ3n) is 3.43. The zero-order valence-corrected chi connectivity index (χ0v) is 11.3. The monoisotopic (exact) mass is 263 g/mol. The highest BCUT2D eigenvalue weighted by molar-refractivity contribution is 5.78. The van der Waals surface area contributed by atoms with Crippen LogP contribution in [0.5, 0.6) is 5.75 Å². The number of carbonyl (C=O) groups is 1. The first-order chi connectivity index (χ1) is 9.24. The Labute approximate surface area is 113 Å². The summed E-state index contributed by atoms with van der Waals surface area (Å²) in [6.07, 6.45) is 0.951. The van der Waals surface area contributed by atoms with Crippen LogP contribution in [0, 0.1) is 0 Å². The molecule has 0 aliphatic carbocycles. The fraction of sp³-hybridized carbons (Fsp3) is 0.500. The summed E-state index contributed by atoms with van der Waals surface area (Å²) in [5.74, 6) is 0.883. The smallest absolute Gasteiger partial charge is 0.234 e. The molecule has 1 unspecified atom stereocenters. The number of benzene rings is 1. The molecule has 1 amide bonds. The molecule has 1 aliphatic rings. The third kappa shape index (κ3) is 3.45. The minimum Gasteiger partial charge on any atom is -0.497 e. The molecule has 2 rings (SSSR count). The van der Waals surface area contributed by atoms with Crippen LogP contribution in [0.25, 0.3) is 0 Å². The molecule has 0 radical (unpaired) electrons.